The third-order valence-corrected chi connectivity index (χ3v) is 5.28. The molecule has 0 fully saturated rings. The van der Waals surface area contributed by atoms with Gasteiger partial charge in [0.15, 0.2) is 17.5 Å². The normalized spacial score (nSPS) is 11.2. The van der Waals surface area contributed by atoms with E-state index in [1.807, 2.05) is 0 Å². The first kappa shape index (κ1) is 26.7. The van der Waals surface area contributed by atoms with Crippen LogP contribution < -0.4 is 4.74 Å². The summed E-state index contributed by atoms with van der Waals surface area (Å²) >= 11 is 0. The maximum Gasteiger partial charge on any atom is 0.432 e. The highest BCUT2D eigenvalue weighted by Gasteiger charge is 2.41. The molecular formula is C28H13F9O. The number of alkyl halides is 2. The van der Waals surface area contributed by atoms with E-state index in [9.17, 15) is 39.5 Å². The lowest BCUT2D eigenvalue weighted by molar-refractivity contribution is -0.189. The lowest BCUT2D eigenvalue weighted by atomic mass is 10.0. The smallest absolute Gasteiger partial charge is 0.429 e. The summed E-state index contributed by atoms with van der Waals surface area (Å²) in [5, 5.41) is 0. The molecule has 10 heteroatoms. The fraction of sp³-hybridized carbons (Fsp3) is 0.0714. The summed E-state index contributed by atoms with van der Waals surface area (Å²) < 4.78 is 131. The van der Waals surface area contributed by atoms with E-state index in [-0.39, 0.29) is 11.1 Å². The molecule has 0 aliphatic heterocycles. The predicted octanol–water partition coefficient (Wildman–Crippen LogP) is 8.16. The molecule has 0 heterocycles. The Bertz CT molecular complexity index is 1570. The lowest BCUT2D eigenvalue weighted by Gasteiger charge is -2.20. The molecule has 0 spiro atoms. The monoisotopic (exact) mass is 536 g/mol. The third kappa shape index (κ3) is 5.47. The molecule has 4 rings (SSSR count). The molecule has 4 aromatic rings. The van der Waals surface area contributed by atoms with Crippen LogP contribution in [0, 0.1) is 59.5 Å². The summed E-state index contributed by atoms with van der Waals surface area (Å²) in [6, 6.07) is 8.04. The highest BCUT2D eigenvalue weighted by atomic mass is 19.3. The van der Waals surface area contributed by atoms with Crippen molar-refractivity contribution in [3.8, 4) is 28.7 Å². The minimum Gasteiger partial charge on any atom is -0.429 e. The molecule has 1 nitrogen and oxygen atoms in total. The average Bonchev–Trinajstić information content (AvgIpc) is 2.81. The van der Waals surface area contributed by atoms with Gasteiger partial charge in [0.25, 0.3) is 0 Å². The van der Waals surface area contributed by atoms with Crippen LogP contribution in [-0.4, -0.2) is 0 Å². The van der Waals surface area contributed by atoms with Crippen LogP contribution in [0.4, 0.5) is 39.5 Å². The van der Waals surface area contributed by atoms with Crippen LogP contribution in [0.3, 0.4) is 0 Å². The SMILES string of the molecule is Cc1ccc(C#Cc2cc(F)c(C(F)(F)Oc3ccc(-c4cc(F)c(F)c(F)c4)c(F)c3)c(F)c2)c(F)c1. The molecule has 0 saturated carbocycles. The Labute approximate surface area is 210 Å². The maximum atomic E-state index is 14.7. The molecule has 38 heavy (non-hydrogen) atoms. The van der Waals surface area contributed by atoms with E-state index in [1.165, 1.54) is 12.1 Å². The van der Waals surface area contributed by atoms with Crippen molar-refractivity contribution in [2.75, 3.05) is 0 Å². The number of halogens is 9. The Morgan fingerprint density at radius 2 is 1.26 bits per heavy atom. The molecule has 0 unspecified atom stereocenters. The van der Waals surface area contributed by atoms with Crippen molar-refractivity contribution in [1.82, 2.24) is 0 Å². The van der Waals surface area contributed by atoms with Gasteiger partial charge in [0.1, 0.15) is 34.6 Å². The average molecular weight is 536 g/mol. The second kappa shape index (κ2) is 10.2. The summed E-state index contributed by atoms with van der Waals surface area (Å²) in [7, 11) is 0. The molecule has 0 atom stereocenters. The minimum absolute atomic E-state index is 0.0780. The number of ether oxygens (including phenoxy) is 1. The van der Waals surface area contributed by atoms with Crippen LogP contribution in [0.25, 0.3) is 11.1 Å². The van der Waals surface area contributed by atoms with E-state index in [4.69, 9.17) is 0 Å². The molecule has 0 bridgehead atoms. The van der Waals surface area contributed by atoms with Gasteiger partial charge in [0.2, 0.25) is 0 Å². The number of benzene rings is 4. The van der Waals surface area contributed by atoms with E-state index < -0.39 is 69.3 Å². The maximum absolute atomic E-state index is 14.7. The van der Waals surface area contributed by atoms with Crippen LogP contribution >= 0.6 is 0 Å². The van der Waals surface area contributed by atoms with Gasteiger partial charge >= 0.3 is 6.11 Å². The van der Waals surface area contributed by atoms with Crippen LogP contribution in [0.15, 0.2) is 60.7 Å². The van der Waals surface area contributed by atoms with Crippen molar-refractivity contribution in [2.24, 2.45) is 0 Å². The molecule has 194 valence electrons. The Morgan fingerprint density at radius 3 is 1.84 bits per heavy atom. The summed E-state index contributed by atoms with van der Waals surface area (Å²) in [4.78, 5) is 0. The Morgan fingerprint density at radius 1 is 0.632 bits per heavy atom. The topological polar surface area (TPSA) is 9.23 Å². The van der Waals surface area contributed by atoms with Crippen molar-refractivity contribution in [2.45, 2.75) is 13.0 Å². The van der Waals surface area contributed by atoms with Crippen LogP contribution in [0.2, 0.25) is 0 Å². The van der Waals surface area contributed by atoms with E-state index in [2.05, 4.69) is 16.6 Å². The minimum atomic E-state index is -4.63. The number of hydrogen-bond donors (Lipinski definition) is 0. The van der Waals surface area contributed by atoms with Gasteiger partial charge in [0, 0.05) is 17.2 Å². The van der Waals surface area contributed by atoms with Crippen molar-refractivity contribution in [3.05, 3.63) is 124 Å². The fourth-order valence-corrected chi connectivity index (χ4v) is 3.49. The van der Waals surface area contributed by atoms with Gasteiger partial charge in [0.05, 0.1) is 5.56 Å². The molecular weight excluding hydrogens is 523 g/mol. The molecule has 0 amide bonds. The first-order valence-electron chi connectivity index (χ1n) is 10.6. The Balaban J connectivity index is 1.60. The predicted molar refractivity (Wildman–Crippen MR) is 120 cm³/mol. The van der Waals surface area contributed by atoms with Gasteiger partial charge in [-0.2, -0.15) is 8.78 Å². The van der Waals surface area contributed by atoms with Crippen molar-refractivity contribution in [1.29, 1.82) is 0 Å². The van der Waals surface area contributed by atoms with E-state index in [1.54, 1.807) is 13.0 Å². The van der Waals surface area contributed by atoms with E-state index >= 15 is 0 Å². The second-order valence-electron chi connectivity index (χ2n) is 8.06. The number of hydrogen-bond acceptors (Lipinski definition) is 1. The van der Waals surface area contributed by atoms with E-state index in [0.29, 0.717) is 35.9 Å². The van der Waals surface area contributed by atoms with Gasteiger partial charge < -0.3 is 4.74 Å². The summed E-state index contributed by atoms with van der Waals surface area (Å²) in [5.41, 5.74) is -2.54. The molecule has 0 radical (unpaired) electrons. The Kier molecular flexibility index (Phi) is 7.14. The van der Waals surface area contributed by atoms with Crippen molar-refractivity contribution in [3.63, 3.8) is 0 Å². The first-order chi connectivity index (χ1) is 17.9. The quantitative estimate of drug-likeness (QED) is 0.145. The fourth-order valence-electron chi connectivity index (χ4n) is 3.49. The molecule has 0 saturated heterocycles. The van der Waals surface area contributed by atoms with Gasteiger partial charge in [-0.3, -0.25) is 0 Å². The zero-order valence-electron chi connectivity index (χ0n) is 19.1. The van der Waals surface area contributed by atoms with Crippen LogP contribution in [0.1, 0.15) is 22.3 Å². The molecule has 0 N–H and O–H groups in total. The third-order valence-electron chi connectivity index (χ3n) is 5.28. The number of rotatable bonds is 4. The summed E-state index contributed by atoms with van der Waals surface area (Å²) in [5.74, 6) is -6.66. The first-order valence-corrected chi connectivity index (χ1v) is 10.6. The molecule has 0 aliphatic rings. The zero-order chi connectivity index (χ0) is 27.8. The van der Waals surface area contributed by atoms with E-state index in [0.717, 1.165) is 12.1 Å². The molecule has 0 aromatic heterocycles. The second-order valence-corrected chi connectivity index (χ2v) is 8.06. The largest absolute Gasteiger partial charge is 0.432 e. The molecule has 0 aliphatic carbocycles. The van der Waals surface area contributed by atoms with Crippen LogP contribution in [0.5, 0.6) is 5.75 Å². The summed E-state index contributed by atoms with van der Waals surface area (Å²) in [6.07, 6.45) is -4.63. The molecule has 4 aromatic carbocycles. The van der Waals surface area contributed by atoms with Gasteiger partial charge in [-0.25, -0.2) is 30.7 Å². The number of aryl methyl sites for hydroxylation is 1. The van der Waals surface area contributed by atoms with Crippen molar-refractivity contribution >= 4 is 0 Å². The Hall–Kier alpha value is -4.39. The van der Waals surface area contributed by atoms with Crippen molar-refractivity contribution < 1.29 is 44.3 Å². The van der Waals surface area contributed by atoms with Gasteiger partial charge in [-0.15, -0.1) is 0 Å². The van der Waals surface area contributed by atoms with Gasteiger partial charge in [-0.05, 0) is 66.6 Å². The summed E-state index contributed by atoms with van der Waals surface area (Å²) in [6.45, 7) is 1.64. The highest BCUT2D eigenvalue weighted by Crippen LogP contribution is 2.37. The van der Waals surface area contributed by atoms with Crippen LogP contribution in [-0.2, 0) is 6.11 Å². The standard InChI is InChI=1S/C28H13F9O/c1-14-2-4-16(20(29)8-14)5-3-15-9-22(31)26(23(32)10-15)28(36,37)38-18-6-7-19(21(30)13-18)17-11-24(33)27(35)25(34)12-17/h2,4,6-13H,1H3. The van der Waals surface area contributed by atoms with Gasteiger partial charge in [-0.1, -0.05) is 17.9 Å². The lowest BCUT2D eigenvalue weighted by Crippen LogP contribution is -2.25. The zero-order valence-corrected chi connectivity index (χ0v) is 19.1. The highest BCUT2D eigenvalue weighted by molar-refractivity contribution is 5.65.